The monoisotopic (exact) mass is 561 g/mol. The smallest absolute Gasteiger partial charge is 0.159 e. The van der Waals surface area contributed by atoms with Crippen molar-refractivity contribution in [2.24, 2.45) is 0 Å². The van der Waals surface area contributed by atoms with Crippen LogP contribution in [0, 0.1) is 0 Å². The first-order valence-corrected chi connectivity index (χ1v) is 15.0. The lowest BCUT2D eigenvalue weighted by Crippen LogP contribution is -1.92. The van der Waals surface area contributed by atoms with Crippen molar-refractivity contribution >= 4 is 65.6 Å². The van der Waals surface area contributed by atoms with Crippen LogP contribution in [0.15, 0.2) is 162 Å². The SMILES string of the molecule is c1ccc2c(-c3cccc4c(-c5ccc(Nc6cc7ccccc7c7c6oc6ccccc67)cc5)cccc34)cccc2c1. The van der Waals surface area contributed by atoms with Gasteiger partial charge in [-0.15, -0.1) is 0 Å². The molecule has 0 radical (unpaired) electrons. The third kappa shape index (κ3) is 3.89. The molecule has 1 aromatic heterocycles. The Hall–Kier alpha value is -5.86. The number of benzene rings is 8. The zero-order valence-electron chi connectivity index (χ0n) is 23.9. The molecule has 2 heteroatoms. The van der Waals surface area contributed by atoms with E-state index in [0.717, 1.165) is 33.3 Å². The van der Waals surface area contributed by atoms with E-state index in [1.165, 1.54) is 54.6 Å². The second-order valence-electron chi connectivity index (χ2n) is 11.4. The fourth-order valence-corrected chi connectivity index (χ4v) is 6.81. The second-order valence-corrected chi connectivity index (χ2v) is 11.4. The van der Waals surface area contributed by atoms with Crippen LogP contribution >= 0.6 is 0 Å². The van der Waals surface area contributed by atoms with Gasteiger partial charge < -0.3 is 9.73 Å². The Labute approximate surface area is 254 Å². The van der Waals surface area contributed by atoms with Gasteiger partial charge in [0.2, 0.25) is 0 Å². The first-order chi connectivity index (χ1) is 21.8. The van der Waals surface area contributed by atoms with Crippen molar-refractivity contribution in [3.63, 3.8) is 0 Å². The van der Waals surface area contributed by atoms with Crippen LogP contribution in [0.3, 0.4) is 0 Å². The van der Waals surface area contributed by atoms with Crippen molar-refractivity contribution in [2.45, 2.75) is 0 Å². The second kappa shape index (κ2) is 9.86. The fraction of sp³-hybridized carbons (Fsp3) is 0. The molecule has 0 bridgehead atoms. The van der Waals surface area contributed by atoms with E-state index in [4.69, 9.17) is 4.42 Å². The molecular weight excluding hydrogens is 534 g/mol. The zero-order valence-corrected chi connectivity index (χ0v) is 23.9. The Balaban J connectivity index is 1.12. The first kappa shape index (κ1) is 24.7. The molecule has 8 aromatic carbocycles. The van der Waals surface area contributed by atoms with Gasteiger partial charge in [0, 0.05) is 16.5 Å². The Bertz CT molecular complexity index is 2520. The summed E-state index contributed by atoms with van der Waals surface area (Å²) in [7, 11) is 0. The average Bonchev–Trinajstić information content (AvgIpc) is 3.48. The van der Waals surface area contributed by atoms with Gasteiger partial charge in [-0.25, -0.2) is 0 Å². The normalized spacial score (nSPS) is 11.6. The van der Waals surface area contributed by atoms with Crippen LogP contribution in [0.2, 0.25) is 0 Å². The van der Waals surface area contributed by atoms with Gasteiger partial charge in [-0.3, -0.25) is 0 Å². The van der Waals surface area contributed by atoms with E-state index in [1.54, 1.807) is 0 Å². The molecule has 0 unspecified atom stereocenters. The van der Waals surface area contributed by atoms with E-state index in [2.05, 4.69) is 151 Å². The van der Waals surface area contributed by atoms with Gasteiger partial charge in [0.1, 0.15) is 5.58 Å². The Morgan fingerprint density at radius 1 is 0.409 bits per heavy atom. The zero-order chi connectivity index (χ0) is 29.0. The van der Waals surface area contributed by atoms with Crippen LogP contribution in [-0.2, 0) is 0 Å². The van der Waals surface area contributed by atoms with E-state index < -0.39 is 0 Å². The minimum absolute atomic E-state index is 0.879. The first-order valence-electron chi connectivity index (χ1n) is 15.0. The van der Waals surface area contributed by atoms with Gasteiger partial charge in [0.05, 0.1) is 5.69 Å². The van der Waals surface area contributed by atoms with Crippen molar-refractivity contribution < 1.29 is 4.42 Å². The minimum Gasteiger partial charge on any atom is -0.454 e. The van der Waals surface area contributed by atoms with Crippen LogP contribution in [0.4, 0.5) is 11.4 Å². The molecule has 0 aliphatic carbocycles. The largest absolute Gasteiger partial charge is 0.454 e. The van der Waals surface area contributed by atoms with Crippen molar-refractivity contribution in [1.29, 1.82) is 0 Å². The lowest BCUT2D eigenvalue weighted by molar-refractivity contribution is 0.670. The molecule has 206 valence electrons. The number of fused-ring (bicyclic) bond motifs is 7. The summed E-state index contributed by atoms with van der Waals surface area (Å²) in [5, 5.41) is 13.4. The number of nitrogens with one attached hydrogen (secondary N) is 1. The molecule has 0 aliphatic rings. The van der Waals surface area contributed by atoms with Gasteiger partial charge in [0.15, 0.2) is 5.58 Å². The molecule has 9 aromatic rings. The van der Waals surface area contributed by atoms with Gasteiger partial charge in [-0.2, -0.15) is 0 Å². The van der Waals surface area contributed by atoms with E-state index in [0.29, 0.717) is 0 Å². The molecule has 1 N–H and O–H groups in total. The molecule has 0 saturated carbocycles. The van der Waals surface area contributed by atoms with Crippen molar-refractivity contribution in [1.82, 2.24) is 0 Å². The van der Waals surface area contributed by atoms with Crippen molar-refractivity contribution in [2.75, 3.05) is 5.32 Å². The number of para-hydroxylation sites is 1. The van der Waals surface area contributed by atoms with Crippen molar-refractivity contribution in [3.05, 3.63) is 158 Å². The molecular formula is C42H27NO. The molecule has 0 amide bonds. The third-order valence-electron chi connectivity index (χ3n) is 8.85. The summed E-state index contributed by atoms with van der Waals surface area (Å²) >= 11 is 0. The maximum atomic E-state index is 6.42. The third-order valence-corrected chi connectivity index (χ3v) is 8.85. The molecule has 0 fully saturated rings. The Morgan fingerprint density at radius 2 is 0.977 bits per heavy atom. The summed E-state index contributed by atoms with van der Waals surface area (Å²) in [6.45, 7) is 0. The highest BCUT2D eigenvalue weighted by Crippen LogP contribution is 2.41. The van der Waals surface area contributed by atoms with Gasteiger partial charge in [0.25, 0.3) is 0 Å². The highest BCUT2D eigenvalue weighted by molar-refractivity contribution is 6.22. The Morgan fingerprint density at radius 3 is 1.80 bits per heavy atom. The minimum atomic E-state index is 0.879. The fourth-order valence-electron chi connectivity index (χ4n) is 6.81. The number of furan rings is 1. The maximum Gasteiger partial charge on any atom is 0.159 e. The van der Waals surface area contributed by atoms with Crippen LogP contribution in [-0.4, -0.2) is 0 Å². The molecule has 0 spiro atoms. The lowest BCUT2D eigenvalue weighted by Gasteiger charge is -2.14. The predicted molar refractivity (Wildman–Crippen MR) is 187 cm³/mol. The number of hydrogen-bond acceptors (Lipinski definition) is 2. The van der Waals surface area contributed by atoms with E-state index >= 15 is 0 Å². The quantitative estimate of drug-likeness (QED) is 0.231. The van der Waals surface area contributed by atoms with Crippen LogP contribution in [0.5, 0.6) is 0 Å². The van der Waals surface area contributed by atoms with Gasteiger partial charge >= 0.3 is 0 Å². The van der Waals surface area contributed by atoms with Crippen LogP contribution in [0.1, 0.15) is 0 Å². The molecule has 44 heavy (non-hydrogen) atoms. The predicted octanol–water partition coefficient (Wildman–Crippen LogP) is 12.1. The Kier molecular flexibility index (Phi) is 5.54. The topological polar surface area (TPSA) is 25.2 Å². The summed E-state index contributed by atoms with van der Waals surface area (Å²) < 4.78 is 6.42. The molecule has 1 heterocycles. The average molecular weight is 562 g/mol. The summed E-state index contributed by atoms with van der Waals surface area (Å²) in [5.74, 6) is 0. The molecule has 0 saturated heterocycles. The summed E-state index contributed by atoms with van der Waals surface area (Å²) in [4.78, 5) is 0. The van der Waals surface area contributed by atoms with Gasteiger partial charge in [-0.05, 0) is 78.8 Å². The van der Waals surface area contributed by atoms with E-state index in [1.807, 2.05) is 12.1 Å². The highest BCUT2D eigenvalue weighted by atomic mass is 16.3. The number of hydrogen-bond donors (Lipinski definition) is 1. The standard InChI is InChI=1S/C42H27NO/c1-3-13-31-27(10-1)12-7-17-34(31)37-20-9-18-35-32(16-8-19-36(35)37)28-22-24-30(25-23-28)43-39-26-29-11-2-4-14-33(29)41-38-15-5-6-21-40(38)44-42(39)41/h1-26,43H. The van der Waals surface area contributed by atoms with Crippen LogP contribution < -0.4 is 5.32 Å². The summed E-state index contributed by atoms with van der Waals surface area (Å²) in [5.41, 5.74) is 8.68. The number of anilines is 2. The van der Waals surface area contributed by atoms with Crippen LogP contribution in [0.25, 0.3) is 76.5 Å². The maximum absolute atomic E-state index is 6.42. The van der Waals surface area contributed by atoms with Gasteiger partial charge in [-0.1, -0.05) is 133 Å². The van der Waals surface area contributed by atoms with E-state index in [-0.39, 0.29) is 0 Å². The summed E-state index contributed by atoms with van der Waals surface area (Å²) in [6, 6.07) is 56.2. The molecule has 2 nitrogen and oxygen atoms in total. The molecule has 9 rings (SSSR count). The highest BCUT2D eigenvalue weighted by Gasteiger charge is 2.15. The van der Waals surface area contributed by atoms with E-state index in [9.17, 15) is 0 Å². The number of rotatable bonds is 4. The molecule has 0 atom stereocenters. The summed E-state index contributed by atoms with van der Waals surface area (Å²) in [6.07, 6.45) is 0. The lowest BCUT2D eigenvalue weighted by atomic mass is 9.91. The molecule has 0 aliphatic heterocycles. The van der Waals surface area contributed by atoms with Crippen molar-refractivity contribution in [3.8, 4) is 22.3 Å².